The zero-order chi connectivity index (χ0) is 18.8. The second-order valence-corrected chi connectivity index (χ2v) is 5.77. The molecule has 6 nitrogen and oxygen atoms in total. The van der Waals surface area contributed by atoms with Crippen molar-refractivity contribution in [2.75, 3.05) is 31.1 Å². The highest BCUT2D eigenvalue weighted by Crippen LogP contribution is 2.25. The first-order chi connectivity index (χ1) is 12.4. The Kier molecular flexibility index (Phi) is 4.79. The number of anilines is 1. The quantitative estimate of drug-likeness (QED) is 0.620. The fourth-order valence-corrected chi connectivity index (χ4v) is 2.86. The lowest BCUT2D eigenvalue weighted by molar-refractivity contribution is -0.385. The van der Waals surface area contributed by atoms with Gasteiger partial charge in [0.05, 0.1) is 22.2 Å². The van der Waals surface area contributed by atoms with E-state index in [1.165, 1.54) is 29.2 Å². The van der Waals surface area contributed by atoms with E-state index in [0.29, 0.717) is 0 Å². The summed E-state index contributed by atoms with van der Waals surface area (Å²) in [5.41, 5.74) is -0.499. The van der Waals surface area contributed by atoms with Crippen LogP contribution in [0.1, 0.15) is 10.4 Å². The van der Waals surface area contributed by atoms with Crippen LogP contribution >= 0.6 is 0 Å². The third-order valence-electron chi connectivity index (χ3n) is 4.23. The van der Waals surface area contributed by atoms with Gasteiger partial charge >= 0.3 is 0 Å². The zero-order valence-corrected chi connectivity index (χ0v) is 13.5. The Morgan fingerprint density at radius 2 is 1.69 bits per heavy atom. The monoisotopic (exact) mass is 365 g/mol. The Morgan fingerprint density at radius 1 is 1.00 bits per heavy atom. The van der Waals surface area contributed by atoms with E-state index in [1.807, 2.05) is 0 Å². The average molecular weight is 365 g/mol. The molecule has 0 atom stereocenters. The Morgan fingerprint density at radius 3 is 2.31 bits per heavy atom. The molecule has 1 saturated heterocycles. The molecule has 2 aromatic carbocycles. The minimum atomic E-state index is -1.19. The molecular formula is C17H14F3N3O3. The summed E-state index contributed by atoms with van der Waals surface area (Å²) >= 11 is 0. The van der Waals surface area contributed by atoms with Gasteiger partial charge in [-0.1, -0.05) is 6.07 Å². The number of hydrogen-bond donors (Lipinski definition) is 0. The number of piperazine rings is 1. The standard InChI is InChI=1S/C17H14F3N3O3/c18-13-3-1-2-12(16(13)20)17(24)22-8-6-21(7-9-22)15-5-4-11(23(25)26)10-14(15)19/h1-5,10H,6-9H2. The maximum Gasteiger partial charge on any atom is 0.272 e. The number of hydrogen-bond acceptors (Lipinski definition) is 4. The number of halogens is 3. The molecule has 1 aliphatic rings. The van der Waals surface area contributed by atoms with E-state index in [1.54, 1.807) is 4.90 Å². The molecule has 1 amide bonds. The van der Waals surface area contributed by atoms with Gasteiger partial charge in [0.15, 0.2) is 17.5 Å². The molecule has 0 spiro atoms. The number of nitro groups is 1. The van der Waals surface area contributed by atoms with Crippen LogP contribution < -0.4 is 4.90 Å². The molecule has 3 rings (SSSR count). The SMILES string of the molecule is O=C(c1cccc(F)c1F)N1CCN(c2ccc([N+](=O)[O-])cc2F)CC1. The number of rotatable bonds is 3. The number of carbonyl (C=O) groups is 1. The Balaban J connectivity index is 1.70. The van der Waals surface area contributed by atoms with Crippen molar-refractivity contribution in [1.29, 1.82) is 0 Å². The summed E-state index contributed by atoms with van der Waals surface area (Å²) in [4.78, 5) is 25.3. The van der Waals surface area contributed by atoms with Gasteiger partial charge in [-0.15, -0.1) is 0 Å². The first-order valence-corrected chi connectivity index (χ1v) is 7.80. The molecule has 0 unspecified atom stereocenters. The lowest BCUT2D eigenvalue weighted by Gasteiger charge is -2.36. The minimum Gasteiger partial charge on any atom is -0.366 e. The lowest BCUT2D eigenvalue weighted by atomic mass is 10.1. The van der Waals surface area contributed by atoms with Crippen LogP contribution in [-0.2, 0) is 0 Å². The van der Waals surface area contributed by atoms with E-state index < -0.39 is 28.3 Å². The number of non-ortho nitro benzene ring substituents is 1. The van der Waals surface area contributed by atoms with Gasteiger partial charge in [-0.2, -0.15) is 0 Å². The highest BCUT2D eigenvalue weighted by Gasteiger charge is 2.26. The van der Waals surface area contributed by atoms with Crippen LogP contribution in [-0.4, -0.2) is 41.9 Å². The molecule has 2 aromatic rings. The summed E-state index contributed by atoms with van der Waals surface area (Å²) in [6.45, 7) is 0.894. The maximum absolute atomic E-state index is 14.1. The molecule has 136 valence electrons. The van der Waals surface area contributed by atoms with Crippen molar-refractivity contribution in [2.24, 2.45) is 0 Å². The van der Waals surface area contributed by atoms with Crippen molar-refractivity contribution in [3.05, 3.63) is 69.5 Å². The Bertz CT molecular complexity index is 868. The van der Waals surface area contributed by atoms with Gasteiger partial charge in [-0.05, 0) is 18.2 Å². The molecule has 1 heterocycles. The number of amides is 1. The number of nitro benzene ring substituents is 1. The molecule has 26 heavy (non-hydrogen) atoms. The second-order valence-electron chi connectivity index (χ2n) is 5.77. The van der Waals surface area contributed by atoms with Crippen molar-refractivity contribution in [1.82, 2.24) is 4.90 Å². The van der Waals surface area contributed by atoms with E-state index in [9.17, 15) is 28.1 Å². The fraction of sp³-hybridized carbons (Fsp3) is 0.235. The van der Waals surface area contributed by atoms with Crippen LogP contribution in [0.4, 0.5) is 24.5 Å². The Labute approximate surface area is 146 Å². The number of carbonyl (C=O) groups excluding carboxylic acids is 1. The molecule has 0 bridgehead atoms. The molecule has 1 aliphatic heterocycles. The summed E-state index contributed by atoms with van der Waals surface area (Å²) < 4.78 is 41.1. The van der Waals surface area contributed by atoms with Crippen LogP contribution in [0.25, 0.3) is 0 Å². The molecule has 1 fully saturated rings. The van der Waals surface area contributed by atoms with Gasteiger partial charge in [0.1, 0.15) is 0 Å². The van der Waals surface area contributed by atoms with Crippen LogP contribution in [0.5, 0.6) is 0 Å². The summed E-state index contributed by atoms with van der Waals surface area (Å²) in [5, 5.41) is 10.7. The van der Waals surface area contributed by atoms with Gasteiger partial charge in [-0.3, -0.25) is 14.9 Å². The molecule has 0 aliphatic carbocycles. The lowest BCUT2D eigenvalue weighted by Crippen LogP contribution is -2.49. The summed E-state index contributed by atoms with van der Waals surface area (Å²) in [5.74, 6) is -3.65. The Hall–Kier alpha value is -3.10. The van der Waals surface area contributed by atoms with E-state index in [0.717, 1.165) is 12.1 Å². The molecule has 0 saturated carbocycles. The van der Waals surface area contributed by atoms with Gasteiger partial charge < -0.3 is 9.80 Å². The first kappa shape index (κ1) is 17.7. The largest absolute Gasteiger partial charge is 0.366 e. The average Bonchev–Trinajstić information content (AvgIpc) is 2.63. The second kappa shape index (κ2) is 7.03. The maximum atomic E-state index is 14.1. The smallest absolute Gasteiger partial charge is 0.272 e. The molecule has 0 radical (unpaired) electrons. The first-order valence-electron chi connectivity index (χ1n) is 7.80. The molecule has 9 heteroatoms. The van der Waals surface area contributed by atoms with E-state index in [-0.39, 0.29) is 43.1 Å². The van der Waals surface area contributed by atoms with Crippen molar-refractivity contribution >= 4 is 17.3 Å². The fourth-order valence-electron chi connectivity index (χ4n) is 2.86. The highest BCUT2D eigenvalue weighted by molar-refractivity contribution is 5.94. The third kappa shape index (κ3) is 3.32. The summed E-state index contributed by atoms with van der Waals surface area (Å²) in [6.07, 6.45) is 0. The summed E-state index contributed by atoms with van der Waals surface area (Å²) in [7, 11) is 0. The van der Waals surface area contributed by atoms with Crippen LogP contribution in [0, 0.1) is 27.6 Å². The number of nitrogens with zero attached hydrogens (tertiary/aromatic N) is 3. The normalized spacial score (nSPS) is 14.4. The van der Waals surface area contributed by atoms with Crippen molar-refractivity contribution in [3.63, 3.8) is 0 Å². The van der Waals surface area contributed by atoms with Gasteiger partial charge in [-0.25, -0.2) is 13.2 Å². The van der Waals surface area contributed by atoms with Crippen molar-refractivity contribution < 1.29 is 22.9 Å². The van der Waals surface area contributed by atoms with E-state index in [2.05, 4.69) is 0 Å². The van der Waals surface area contributed by atoms with E-state index >= 15 is 0 Å². The zero-order valence-electron chi connectivity index (χ0n) is 13.5. The number of benzene rings is 2. The summed E-state index contributed by atoms with van der Waals surface area (Å²) in [6, 6.07) is 6.77. The van der Waals surface area contributed by atoms with Crippen molar-refractivity contribution in [3.8, 4) is 0 Å². The molecule has 0 N–H and O–H groups in total. The predicted molar refractivity (Wildman–Crippen MR) is 87.5 cm³/mol. The third-order valence-corrected chi connectivity index (χ3v) is 4.23. The van der Waals surface area contributed by atoms with E-state index in [4.69, 9.17) is 0 Å². The van der Waals surface area contributed by atoms with Crippen LogP contribution in [0.2, 0.25) is 0 Å². The predicted octanol–water partition coefficient (Wildman–Crippen LogP) is 2.97. The molecular weight excluding hydrogens is 351 g/mol. The van der Waals surface area contributed by atoms with Crippen LogP contribution in [0.3, 0.4) is 0 Å². The van der Waals surface area contributed by atoms with Gasteiger partial charge in [0.25, 0.3) is 11.6 Å². The van der Waals surface area contributed by atoms with Gasteiger partial charge in [0.2, 0.25) is 0 Å². The highest BCUT2D eigenvalue weighted by atomic mass is 19.2. The van der Waals surface area contributed by atoms with Crippen LogP contribution in [0.15, 0.2) is 36.4 Å². The minimum absolute atomic E-state index is 0.186. The molecule has 0 aromatic heterocycles. The topological polar surface area (TPSA) is 66.7 Å². The van der Waals surface area contributed by atoms with Crippen molar-refractivity contribution in [2.45, 2.75) is 0 Å². The van der Waals surface area contributed by atoms with Gasteiger partial charge in [0, 0.05) is 32.2 Å².